The highest BCUT2D eigenvalue weighted by Gasteiger charge is 2.21. The summed E-state index contributed by atoms with van der Waals surface area (Å²) >= 11 is 2.62. The molecule has 1 N–H and O–H groups in total. The summed E-state index contributed by atoms with van der Waals surface area (Å²) in [5.41, 5.74) is 1.21. The van der Waals surface area contributed by atoms with E-state index in [9.17, 15) is 15.2 Å². The van der Waals surface area contributed by atoms with Gasteiger partial charge in [-0.3, -0.25) is 10.1 Å². The number of benzene rings is 1. The second-order valence-electron chi connectivity index (χ2n) is 4.17. The van der Waals surface area contributed by atoms with Crippen molar-refractivity contribution in [3.05, 3.63) is 50.9 Å². The number of nitro groups is 1. The van der Waals surface area contributed by atoms with Gasteiger partial charge in [-0.25, -0.2) is 0 Å². The molecule has 6 heteroatoms. The average molecular weight is 295 g/mol. The molecule has 0 radical (unpaired) electrons. The Hall–Kier alpha value is -1.37. The standard InChI is InChI=1S/C13H13NO3S2/c1-8-3-5-10(6-4-8)18-13-11(14(16)17)7-12(19-13)9(2)15/h3-7,9,15H,1-2H3. The molecule has 0 aliphatic heterocycles. The summed E-state index contributed by atoms with van der Waals surface area (Å²) in [6.07, 6.45) is -0.684. The van der Waals surface area contributed by atoms with Crippen molar-refractivity contribution >= 4 is 28.8 Å². The molecule has 0 aliphatic rings. The van der Waals surface area contributed by atoms with Gasteiger partial charge in [-0.05, 0) is 26.0 Å². The van der Waals surface area contributed by atoms with Crippen LogP contribution < -0.4 is 0 Å². The number of thiophene rings is 1. The van der Waals surface area contributed by atoms with Crippen molar-refractivity contribution in [3.63, 3.8) is 0 Å². The quantitative estimate of drug-likeness (QED) is 0.679. The molecule has 2 aromatic rings. The Bertz CT molecular complexity index is 590. The van der Waals surface area contributed by atoms with Crippen LogP contribution in [0.4, 0.5) is 5.69 Å². The predicted octanol–water partition coefficient (Wildman–Crippen LogP) is 4.17. The number of nitrogens with zero attached hydrogens (tertiary/aromatic N) is 1. The van der Waals surface area contributed by atoms with E-state index in [1.165, 1.54) is 29.2 Å². The molecule has 0 saturated carbocycles. The van der Waals surface area contributed by atoms with E-state index in [0.717, 1.165) is 10.5 Å². The lowest BCUT2D eigenvalue weighted by Crippen LogP contribution is -1.87. The van der Waals surface area contributed by atoms with Crippen LogP contribution in [0.5, 0.6) is 0 Å². The molecule has 0 amide bonds. The number of rotatable bonds is 4. The Labute approximate surface area is 119 Å². The van der Waals surface area contributed by atoms with Crippen LogP contribution in [0.15, 0.2) is 39.4 Å². The van der Waals surface area contributed by atoms with Gasteiger partial charge in [0, 0.05) is 15.8 Å². The third kappa shape index (κ3) is 3.34. The van der Waals surface area contributed by atoms with Crippen molar-refractivity contribution in [2.24, 2.45) is 0 Å². The zero-order valence-electron chi connectivity index (χ0n) is 10.5. The zero-order valence-corrected chi connectivity index (χ0v) is 12.1. The summed E-state index contributed by atoms with van der Waals surface area (Å²) in [6.45, 7) is 3.60. The Morgan fingerprint density at radius 1 is 1.37 bits per heavy atom. The molecule has 1 aromatic heterocycles. The number of aliphatic hydroxyl groups excluding tert-OH is 1. The van der Waals surface area contributed by atoms with Crippen LogP contribution in [0.25, 0.3) is 0 Å². The molecule has 0 spiro atoms. The Balaban J connectivity index is 2.33. The maximum atomic E-state index is 11.0. The average Bonchev–Trinajstić information content (AvgIpc) is 2.76. The molecule has 1 atom stereocenters. The molecule has 4 nitrogen and oxygen atoms in total. The molecule has 0 fully saturated rings. The molecule has 0 saturated heterocycles. The maximum absolute atomic E-state index is 11.0. The minimum atomic E-state index is -0.684. The van der Waals surface area contributed by atoms with Crippen molar-refractivity contribution in [3.8, 4) is 0 Å². The minimum Gasteiger partial charge on any atom is -0.388 e. The van der Waals surface area contributed by atoms with E-state index in [1.54, 1.807) is 6.92 Å². The topological polar surface area (TPSA) is 63.4 Å². The fraction of sp³-hybridized carbons (Fsp3) is 0.231. The number of hydrogen-bond donors (Lipinski definition) is 1. The van der Waals surface area contributed by atoms with E-state index in [4.69, 9.17) is 0 Å². The summed E-state index contributed by atoms with van der Waals surface area (Å²) in [5, 5.41) is 20.5. The highest BCUT2D eigenvalue weighted by Crippen LogP contribution is 2.42. The van der Waals surface area contributed by atoms with Crippen LogP contribution in [0, 0.1) is 17.0 Å². The zero-order chi connectivity index (χ0) is 14.0. The van der Waals surface area contributed by atoms with Crippen LogP contribution in [0.2, 0.25) is 0 Å². The van der Waals surface area contributed by atoms with Crippen LogP contribution in [0.3, 0.4) is 0 Å². The van der Waals surface area contributed by atoms with Crippen LogP contribution in [0.1, 0.15) is 23.5 Å². The Morgan fingerprint density at radius 2 is 2.00 bits per heavy atom. The normalized spacial score (nSPS) is 12.4. The van der Waals surface area contributed by atoms with Gasteiger partial charge < -0.3 is 5.11 Å². The van der Waals surface area contributed by atoms with Crippen molar-refractivity contribution in [2.45, 2.75) is 29.1 Å². The lowest BCUT2D eigenvalue weighted by Gasteiger charge is -1.99. The van der Waals surface area contributed by atoms with Gasteiger partial charge in [0.05, 0.1) is 11.0 Å². The highest BCUT2D eigenvalue weighted by atomic mass is 32.2. The second kappa shape index (κ2) is 5.73. The molecule has 19 heavy (non-hydrogen) atoms. The second-order valence-corrected chi connectivity index (χ2v) is 6.60. The highest BCUT2D eigenvalue weighted by molar-refractivity contribution is 8.01. The first-order valence-corrected chi connectivity index (χ1v) is 7.31. The summed E-state index contributed by atoms with van der Waals surface area (Å²) < 4.78 is 0.602. The van der Waals surface area contributed by atoms with Crippen molar-refractivity contribution in [2.75, 3.05) is 0 Å². The van der Waals surface area contributed by atoms with Gasteiger partial charge in [-0.15, -0.1) is 11.3 Å². The molecule has 0 bridgehead atoms. The molecule has 100 valence electrons. The fourth-order valence-corrected chi connectivity index (χ4v) is 3.76. The number of hydrogen-bond acceptors (Lipinski definition) is 5. The predicted molar refractivity (Wildman–Crippen MR) is 76.9 cm³/mol. The van der Waals surface area contributed by atoms with Crippen molar-refractivity contribution in [1.29, 1.82) is 0 Å². The maximum Gasteiger partial charge on any atom is 0.294 e. The van der Waals surface area contributed by atoms with Crippen molar-refractivity contribution in [1.82, 2.24) is 0 Å². The smallest absolute Gasteiger partial charge is 0.294 e. The number of aliphatic hydroxyl groups is 1. The van der Waals surface area contributed by atoms with Gasteiger partial charge in [-0.1, -0.05) is 29.5 Å². The van der Waals surface area contributed by atoms with Gasteiger partial charge in [0.2, 0.25) is 0 Å². The van der Waals surface area contributed by atoms with E-state index >= 15 is 0 Å². The SMILES string of the molecule is Cc1ccc(Sc2sc(C(C)O)cc2[N+](=O)[O-])cc1. The van der Waals surface area contributed by atoms with Gasteiger partial charge in [0.25, 0.3) is 5.69 Å². The van der Waals surface area contributed by atoms with Crippen molar-refractivity contribution < 1.29 is 10.0 Å². The minimum absolute atomic E-state index is 0.0616. The molecule has 0 aliphatic carbocycles. The van der Waals surface area contributed by atoms with Crippen LogP contribution >= 0.6 is 23.1 Å². The molecular formula is C13H13NO3S2. The van der Waals surface area contributed by atoms with Crippen LogP contribution in [-0.4, -0.2) is 10.0 Å². The lowest BCUT2D eigenvalue weighted by atomic mass is 10.2. The summed E-state index contributed by atoms with van der Waals surface area (Å²) in [6, 6.07) is 9.26. The fourth-order valence-electron chi connectivity index (χ4n) is 1.50. The van der Waals surface area contributed by atoms with E-state index < -0.39 is 11.0 Å². The summed E-state index contributed by atoms with van der Waals surface area (Å²) in [5.74, 6) is 0. The molecule has 1 heterocycles. The first-order valence-electron chi connectivity index (χ1n) is 5.68. The van der Waals surface area contributed by atoms with E-state index in [1.807, 2.05) is 31.2 Å². The third-order valence-corrected chi connectivity index (χ3v) is 5.03. The Morgan fingerprint density at radius 3 is 2.53 bits per heavy atom. The van der Waals surface area contributed by atoms with E-state index in [-0.39, 0.29) is 5.69 Å². The molecular weight excluding hydrogens is 282 g/mol. The number of aryl methyl sites for hydroxylation is 1. The van der Waals surface area contributed by atoms with Gasteiger partial charge in [-0.2, -0.15) is 0 Å². The van der Waals surface area contributed by atoms with Gasteiger partial charge in [0.15, 0.2) is 0 Å². The van der Waals surface area contributed by atoms with E-state index in [0.29, 0.717) is 9.09 Å². The first-order chi connectivity index (χ1) is 8.97. The largest absolute Gasteiger partial charge is 0.388 e. The monoisotopic (exact) mass is 295 g/mol. The van der Waals surface area contributed by atoms with Crippen LogP contribution in [-0.2, 0) is 0 Å². The molecule has 1 aromatic carbocycles. The Kier molecular flexibility index (Phi) is 4.24. The third-order valence-electron chi connectivity index (χ3n) is 2.54. The summed E-state index contributed by atoms with van der Waals surface area (Å²) in [4.78, 5) is 12.2. The first kappa shape index (κ1) is 14.0. The molecule has 2 rings (SSSR count). The van der Waals surface area contributed by atoms with E-state index in [2.05, 4.69) is 0 Å². The molecule has 1 unspecified atom stereocenters. The summed E-state index contributed by atoms with van der Waals surface area (Å²) in [7, 11) is 0. The van der Waals surface area contributed by atoms with Gasteiger partial charge in [0.1, 0.15) is 4.21 Å². The lowest BCUT2D eigenvalue weighted by molar-refractivity contribution is -0.387. The van der Waals surface area contributed by atoms with Gasteiger partial charge >= 0.3 is 0 Å².